The molecule has 0 heterocycles. The van der Waals surface area contributed by atoms with Crippen molar-refractivity contribution in [1.29, 1.82) is 0 Å². The highest BCUT2D eigenvalue weighted by atomic mass is 16.5. The van der Waals surface area contributed by atoms with Crippen LogP contribution in [0.5, 0.6) is 5.75 Å². The fraction of sp³-hybridized carbons (Fsp3) is 0.562. The molecule has 0 unspecified atom stereocenters. The zero-order chi connectivity index (χ0) is 15.2. The van der Waals surface area contributed by atoms with Crippen LogP contribution in [0.15, 0.2) is 18.2 Å². The van der Waals surface area contributed by atoms with E-state index in [-0.39, 0.29) is 11.3 Å². The summed E-state index contributed by atoms with van der Waals surface area (Å²) in [5, 5.41) is 0. The van der Waals surface area contributed by atoms with E-state index < -0.39 is 0 Å². The standard InChI is InChI=1S/C16H26N2O2/c1-6-10-16(3,4)11-17-18-15(19)13-8-7-9-14(20-5)12(13)2/h7-9,17H,6,10-11H2,1-5H3,(H,18,19). The number of carbonyl (C=O) groups excluding carboxylic acids is 1. The van der Waals surface area contributed by atoms with E-state index in [2.05, 4.69) is 31.6 Å². The van der Waals surface area contributed by atoms with Crippen molar-refractivity contribution in [3.63, 3.8) is 0 Å². The van der Waals surface area contributed by atoms with Gasteiger partial charge in [0.1, 0.15) is 5.75 Å². The molecule has 0 aromatic heterocycles. The minimum Gasteiger partial charge on any atom is -0.496 e. The third-order valence-electron chi connectivity index (χ3n) is 3.44. The first-order valence-corrected chi connectivity index (χ1v) is 7.08. The van der Waals surface area contributed by atoms with E-state index in [0.29, 0.717) is 5.56 Å². The Kier molecular flexibility index (Phi) is 6.02. The summed E-state index contributed by atoms with van der Waals surface area (Å²) in [6.07, 6.45) is 2.26. The van der Waals surface area contributed by atoms with Crippen LogP contribution in [0.3, 0.4) is 0 Å². The topological polar surface area (TPSA) is 50.4 Å². The van der Waals surface area contributed by atoms with Gasteiger partial charge in [0.05, 0.1) is 7.11 Å². The zero-order valence-corrected chi connectivity index (χ0v) is 13.2. The molecule has 1 aromatic carbocycles. The van der Waals surface area contributed by atoms with Crippen molar-refractivity contribution in [2.45, 2.75) is 40.5 Å². The van der Waals surface area contributed by atoms with Gasteiger partial charge in [-0.15, -0.1) is 0 Å². The fourth-order valence-corrected chi connectivity index (χ4v) is 2.28. The van der Waals surface area contributed by atoms with Crippen molar-refractivity contribution < 1.29 is 9.53 Å². The molecule has 20 heavy (non-hydrogen) atoms. The summed E-state index contributed by atoms with van der Waals surface area (Å²) in [7, 11) is 1.61. The largest absolute Gasteiger partial charge is 0.496 e. The summed E-state index contributed by atoms with van der Waals surface area (Å²) < 4.78 is 5.23. The lowest BCUT2D eigenvalue weighted by molar-refractivity contribution is 0.0924. The molecule has 4 nitrogen and oxygen atoms in total. The molecule has 1 amide bonds. The predicted octanol–water partition coefficient (Wildman–Crippen LogP) is 3.06. The first-order chi connectivity index (χ1) is 9.41. The Morgan fingerprint density at radius 1 is 1.35 bits per heavy atom. The Labute approximate surface area is 121 Å². The number of methoxy groups -OCH3 is 1. The molecule has 0 aliphatic heterocycles. The van der Waals surface area contributed by atoms with Crippen molar-refractivity contribution >= 4 is 5.91 Å². The molecular weight excluding hydrogens is 252 g/mol. The maximum Gasteiger partial charge on any atom is 0.265 e. The summed E-state index contributed by atoms with van der Waals surface area (Å²) in [5.41, 5.74) is 7.45. The third-order valence-corrected chi connectivity index (χ3v) is 3.44. The Morgan fingerprint density at radius 3 is 2.65 bits per heavy atom. The average Bonchev–Trinajstić information content (AvgIpc) is 2.38. The van der Waals surface area contributed by atoms with Gasteiger partial charge in [0.15, 0.2) is 0 Å². The zero-order valence-electron chi connectivity index (χ0n) is 13.2. The van der Waals surface area contributed by atoms with Gasteiger partial charge in [-0.25, -0.2) is 5.43 Å². The summed E-state index contributed by atoms with van der Waals surface area (Å²) >= 11 is 0. The first-order valence-electron chi connectivity index (χ1n) is 7.08. The van der Waals surface area contributed by atoms with Crippen LogP contribution >= 0.6 is 0 Å². The Hall–Kier alpha value is -1.55. The van der Waals surface area contributed by atoms with Gasteiger partial charge in [-0.3, -0.25) is 10.2 Å². The second-order valence-electron chi connectivity index (χ2n) is 5.85. The maximum atomic E-state index is 12.1. The number of carbonyl (C=O) groups is 1. The van der Waals surface area contributed by atoms with Crippen LogP contribution in [0.4, 0.5) is 0 Å². The lowest BCUT2D eigenvalue weighted by Gasteiger charge is -2.24. The normalized spacial score (nSPS) is 11.2. The lowest BCUT2D eigenvalue weighted by Crippen LogP contribution is -2.42. The van der Waals surface area contributed by atoms with Crippen LogP contribution in [0.25, 0.3) is 0 Å². The van der Waals surface area contributed by atoms with Gasteiger partial charge >= 0.3 is 0 Å². The second kappa shape index (κ2) is 7.29. The van der Waals surface area contributed by atoms with E-state index in [1.165, 1.54) is 0 Å². The molecule has 0 radical (unpaired) electrons. The molecule has 1 aromatic rings. The van der Waals surface area contributed by atoms with Gasteiger partial charge in [-0.05, 0) is 30.9 Å². The maximum absolute atomic E-state index is 12.1. The van der Waals surface area contributed by atoms with Gasteiger partial charge in [0.2, 0.25) is 0 Å². The van der Waals surface area contributed by atoms with Crippen LogP contribution < -0.4 is 15.6 Å². The molecular formula is C16H26N2O2. The van der Waals surface area contributed by atoms with Crippen LogP contribution in [-0.4, -0.2) is 19.6 Å². The number of hydrogen-bond donors (Lipinski definition) is 2. The number of rotatable bonds is 7. The molecule has 0 aliphatic carbocycles. The van der Waals surface area contributed by atoms with Gasteiger partial charge < -0.3 is 4.74 Å². The predicted molar refractivity (Wildman–Crippen MR) is 81.9 cm³/mol. The fourth-order valence-electron chi connectivity index (χ4n) is 2.28. The van der Waals surface area contributed by atoms with Gasteiger partial charge in [-0.2, -0.15) is 0 Å². The minimum atomic E-state index is -0.131. The summed E-state index contributed by atoms with van der Waals surface area (Å²) in [5.74, 6) is 0.595. The number of amides is 1. The smallest absolute Gasteiger partial charge is 0.265 e. The summed E-state index contributed by atoms with van der Waals surface area (Å²) in [6, 6.07) is 5.47. The molecule has 0 aliphatic rings. The van der Waals surface area contributed by atoms with Crippen molar-refractivity contribution in [1.82, 2.24) is 10.9 Å². The highest BCUT2D eigenvalue weighted by Crippen LogP contribution is 2.21. The van der Waals surface area contributed by atoms with Crippen LogP contribution in [-0.2, 0) is 0 Å². The van der Waals surface area contributed by atoms with Crippen LogP contribution in [0.2, 0.25) is 0 Å². The molecule has 0 saturated carbocycles. The van der Waals surface area contributed by atoms with Crippen molar-refractivity contribution in [2.75, 3.05) is 13.7 Å². The van der Waals surface area contributed by atoms with E-state index in [9.17, 15) is 4.79 Å². The Balaban J connectivity index is 2.60. The quantitative estimate of drug-likeness (QED) is 0.754. The van der Waals surface area contributed by atoms with Gasteiger partial charge in [0, 0.05) is 17.7 Å². The van der Waals surface area contributed by atoms with E-state index in [1.807, 2.05) is 19.1 Å². The Bertz CT molecular complexity index is 456. The highest BCUT2D eigenvalue weighted by Gasteiger charge is 2.17. The molecule has 0 bridgehead atoms. The molecule has 112 valence electrons. The van der Waals surface area contributed by atoms with Crippen molar-refractivity contribution in [2.24, 2.45) is 5.41 Å². The second-order valence-corrected chi connectivity index (χ2v) is 5.85. The SMILES string of the molecule is CCCC(C)(C)CNNC(=O)c1cccc(OC)c1C. The molecule has 0 atom stereocenters. The van der Waals surface area contributed by atoms with Gasteiger partial charge in [-0.1, -0.05) is 33.3 Å². The summed E-state index contributed by atoms with van der Waals surface area (Å²) in [6.45, 7) is 9.17. The van der Waals surface area contributed by atoms with Gasteiger partial charge in [0.25, 0.3) is 5.91 Å². The van der Waals surface area contributed by atoms with Crippen molar-refractivity contribution in [3.8, 4) is 5.75 Å². The average molecular weight is 278 g/mol. The van der Waals surface area contributed by atoms with Crippen LogP contribution in [0.1, 0.15) is 49.5 Å². The lowest BCUT2D eigenvalue weighted by atomic mass is 9.88. The van der Waals surface area contributed by atoms with E-state index >= 15 is 0 Å². The van der Waals surface area contributed by atoms with E-state index in [0.717, 1.165) is 30.7 Å². The first kappa shape index (κ1) is 16.5. The number of ether oxygens (including phenoxy) is 1. The molecule has 2 N–H and O–H groups in total. The monoisotopic (exact) mass is 278 g/mol. The third kappa shape index (κ3) is 4.53. The highest BCUT2D eigenvalue weighted by molar-refractivity contribution is 5.95. The molecule has 0 saturated heterocycles. The number of nitrogens with one attached hydrogen (secondary N) is 2. The molecule has 1 rings (SSSR count). The molecule has 0 spiro atoms. The number of hydrogen-bond acceptors (Lipinski definition) is 3. The Morgan fingerprint density at radius 2 is 2.05 bits per heavy atom. The molecule has 4 heteroatoms. The number of benzene rings is 1. The summed E-state index contributed by atoms with van der Waals surface area (Å²) in [4.78, 5) is 12.1. The molecule has 0 fully saturated rings. The van der Waals surface area contributed by atoms with Crippen LogP contribution in [0, 0.1) is 12.3 Å². The van der Waals surface area contributed by atoms with E-state index in [1.54, 1.807) is 13.2 Å². The minimum absolute atomic E-state index is 0.131. The van der Waals surface area contributed by atoms with E-state index in [4.69, 9.17) is 4.74 Å². The number of hydrazine groups is 1. The van der Waals surface area contributed by atoms with Crippen molar-refractivity contribution in [3.05, 3.63) is 29.3 Å².